The minimum Gasteiger partial charge on any atom is -0.362 e. The highest BCUT2D eigenvalue weighted by molar-refractivity contribution is 5.91. The fraction of sp³-hybridized carbons (Fsp3) is 0.618. The van der Waals surface area contributed by atoms with Crippen LogP contribution in [0.2, 0.25) is 0 Å². The van der Waals surface area contributed by atoms with Crippen LogP contribution in [0, 0.1) is 5.92 Å². The molecule has 1 aromatic carbocycles. The van der Waals surface area contributed by atoms with Gasteiger partial charge < -0.3 is 15.1 Å². The molecule has 0 saturated carbocycles. The Bertz CT molecular complexity index is 1470. The highest BCUT2D eigenvalue weighted by Gasteiger charge is 2.42. The van der Waals surface area contributed by atoms with Gasteiger partial charge in [-0.3, -0.25) is 9.78 Å². The number of aryl methyl sites for hydroxylation is 1. The number of aromatic nitrogens is 3. The van der Waals surface area contributed by atoms with Crippen LogP contribution in [0.4, 0.5) is 14.6 Å². The zero-order valence-corrected chi connectivity index (χ0v) is 25.9. The van der Waals surface area contributed by atoms with Gasteiger partial charge in [-0.05, 0) is 110 Å². The fourth-order valence-electron chi connectivity index (χ4n) is 7.22. The molecule has 7 nitrogen and oxygen atoms in total. The number of nitrogens with one attached hydrogen (secondary N) is 1. The van der Waals surface area contributed by atoms with Crippen LogP contribution in [0.25, 0.3) is 10.8 Å². The average Bonchev–Trinajstić information content (AvgIpc) is 3.02. The summed E-state index contributed by atoms with van der Waals surface area (Å²) in [5.41, 5.74) is 1.73. The Labute approximate surface area is 253 Å². The topological polar surface area (TPSA) is 66.3 Å². The molecular weight excluding hydrogens is 546 g/mol. The molecule has 0 unspecified atom stereocenters. The molecule has 232 valence electrons. The first-order chi connectivity index (χ1) is 20.7. The third-order valence-electron chi connectivity index (χ3n) is 10.1. The van der Waals surface area contributed by atoms with Crippen molar-refractivity contribution in [2.45, 2.75) is 96.2 Å². The van der Waals surface area contributed by atoms with E-state index in [4.69, 9.17) is 10.1 Å². The predicted octanol–water partition coefficient (Wildman–Crippen LogP) is 6.54. The summed E-state index contributed by atoms with van der Waals surface area (Å²) in [5, 5.41) is 9.66. The van der Waals surface area contributed by atoms with Gasteiger partial charge in [-0.15, -0.1) is 0 Å². The monoisotopic (exact) mass is 592 g/mol. The van der Waals surface area contributed by atoms with E-state index in [1.807, 2.05) is 19.1 Å². The average molecular weight is 593 g/mol. The van der Waals surface area contributed by atoms with E-state index in [1.54, 1.807) is 29.1 Å². The Morgan fingerprint density at radius 2 is 1.67 bits per heavy atom. The summed E-state index contributed by atoms with van der Waals surface area (Å²) < 4.78 is 33.2. The smallest absolute Gasteiger partial charge is 0.276 e. The minimum atomic E-state index is -2.88. The number of benzene rings is 1. The summed E-state index contributed by atoms with van der Waals surface area (Å²) in [6.07, 6.45) is 7.57. The first-order valence-electron chi connectivity index (χ1n) is 16.3. The first-order valence-corrected chi connectivity index (χ1v) is 16.3. The van der Waals surface area contributed by atoms with Crippen molar-refractivity contribution in [2.24, 2.45) is 5.92 Å². The summed E-state index contributed by atoms with van der Waals surface area (Å²) in [6, 6.07) is 9.13. The number of nitrogens with zero attached hydrogens (tertiary/aromatic N) is 5. The molecule has 0 amide bonds. The van der Waals surface area contributed by atoms with Crippen LogP contribution >= 0.6 is 0 Å². The van der Waals surface area contributed by atoms with Gasteiger partial charge >= 0.3 is 0 Å². The van der Waals surface area contributed by atoms with Crippen molar-refractivity contribution in [1.82, 2.24) is 24.6 Å². The van der Waals surface area contributed by atoms with Gasteiger partial charge in [0.15, 0.2) is 5.82 Å². The van der Waals surface area contributed by atoms with Crippen molar-refractivity contribution >= 4 is 16.6 Å². The van der Waals surface area contributed by atoms with E-state index in [0.717, 1.165) is 68.4 Å². The molecule has 43 heavy (non-hydrogen) atoms. The number of anilines is 1. The van der Waals surface area contributed by atoms with Gasteiger partial charge in [0.1, 0.15) is 0 Å². The second-order valence-electron chi connectivity index (χ2n) is 13.2. The lowest BCUT2D eigenvalue weighted by atomic mass is 9.85. The Hall–Kier alpha value is -2.91. The first kappa shape index (κ1) is 30.1. The Morgan fingerprint density at radius 1 is 0.930 bits per heavy atom. The molecule has 6 heterocycles. The van der Waals surface area contributed by atoms with E-state index in [1.165, 1.54) is 0 Å². The zero-order valence-electron chi connectivity index (χ0n) is 25.9. The SMILES string of the molecule is CC(C)N1CCC(c2cc3c4nn(c(=O)c3cn2)CCCCCN2CCC(CC2)C(F)(F)c2cccc(c2)[C@@H](C)N4)CC1. The van der Waals surface area contributed by atoms with Crippen molar-refractivity contribution < 1.29 is 8.78 Å². The highest BCUT2D eigenvalue weighted by Crippen LogP contribution is 2.42. The molecule has 2 fully saturated rings. The van der Waals surface area contributed by atoms with E-state index in [9.17, 15) is 4.79 Å². The number of pyridine rings is 1. The van der Waals surface area contributed by atoms with Gasteiger partial charge in [-0.25, -0.2) is 13.5 Å². The normalized spacial score (nSPS) is 25.8. The molecule has 1 atom stereocenters. The summed E-state index contributed by atoms with van der Waals surface area (Å²) in [4.78, 5) is 23.2. The Kier molecular flexibility index (Phi) is 8.83. The van der Waals surface area contributed by atoms with Gasteiger partial charge in [0.25, 0.3) is 11.5 Å². The number of piperidine rings is 2. The zero-order chi connectivity index (χ0) is 30.1. The number of likely N-dealkylation sites (tertiary alicyclic amines) is 1. The number of hydrogen-bond acceptors (Lipinski definition) is 6. The molecule has 0 spiro atoms. The van der Waals surface area contributed by atoms with Crippen molar-refractivity contribution in [2.75, 3.05) is 38.0 Å². The van der Waals surface area contributed by atoms with Gasteiger partial charge in [-0.1, -0.05) is 24.6 Å². The van der Waals surface area contributed by atoms with Gasteiger partial charge in [0.2, 0.25) is 0 Å². The molecule has 4 aliphatic heterocycles. The molecular formula is C34H46F2N6O. The Morgan fingerprint density at radius 3 is 2.42 bits per heavy atom. The molecule has 2 aromatic heterocycles. The van der Waals surface area contributed by atoms with Crippen LogP contribution in [0.5, 0.6) is 0 Å². The Balaban J connectivity index is 1.36. The molecule has 9 heteroatoms. The lowest BCUT2D eigenvalue weighted by molar-refractivity contribution is -0.0855. The van der Waals surface area contributed by atoms with Crippen LogP contribution in [-0.4, -0.2) is 63.3 Å². The maximum atomic E-state index is 15.8. The molecule has 2 saturated heterocycles. The van der Waals surface area contributed by atoms with Crippen LogP contribution in [0.15, 0.2) is 41.3 Å². The predicted molar refractivity (Wildman–Crippen MR) is 168 cm³/mol. The molecule has 7 rings (SSSR count). The molecule has 1 N–H and O–H groups in total. The maximum Gasteiger partial charge on any atom is 0.276 e. The number of alkyl halides is 2. The van der Waals surface area contributed by atoms with Crippen molar-refractivity contribution in [3.63, 3.8) is 0 Å². The van der Waals surface area contributed by atoms with Crippen LogP contribution in [0.3, 0.4) is 0 Å². The van der Waals surface area contributed by atoms with Gasteiger partial charge in [0, 0.05) is 47.3 Å². The van der Waals surface area contributed by atoms with E-state index < -0.39 is 11.8 Å². The maximum absolute atomic E-state index is 15.8. The van der Waals surface area contributed by atoms with Crippen molar-refractivity contribution in [3.05, 3.63) is 63.7 Å². The van der Waals surface area contributed by atoms with E-state index >= 15 is 8.78 Å². The quantitative estimate of drug-likeness (QED) is 0.365. The van der Waals surface area contributed by atoms with Gasteiger partial charge in [-0.2, -0.15) is 5.10 Å². The third-order valence-corrected chi connectivity index (χ3v) is 10.1. The number of halogens is 2. The van der Waals surface area contributed by atoms with Gasteiger partial charge in [0.05, 0.1) is 11.4 Å². The molecule has 6 bridgehead atoms. The molecule has 3 aromatic rings. The van der Waals surface area contributed by atoms with E-state index in [0.29, 0.717) is 55.6 Å². The third kappa shape index (κ3) is 6.34. The highest BCUT2D eigenvalue weighted by atomic mass is 19.3. The van der Waals surface area contributed by atoms with Crippen LogP contribution < -0.4 is 10.9 Å². The standard InChI is InChI=1S/C34H46F2N6O/c1-23(2)41-18-10-25(11-19-41)31-21-29-30(22-37-31)33(43)42-15-6-4-5-14-40-16-12-27(13-17-40)34(35,36)28-9-7-8-26(20-28)24(3)38-32(29)39-42/h7-9,20-25,27H,4-6,10-19H2,1-3H3,(H,38,39)/t24-/m1/s1. The summed E-state index contributed by atoms with van der Waals surface area (Å²) in [7, 11) is 0. The summed E-state index contributed by atoms with van der Waals surface area (Å²) in [6.45, 7) is 11.4. The van der Waals surface area contributed by atoms with E-state index in [2.05, 4.69) is 29.0 Å². The second-order valence-corrected chi connectivity index (χ2v) is 13.2. The minimum absolute atomic E-state index is 0.0835. The molecule has 0 aliphatic carbocycles. The number of rotatable bonds is 2. The molecule has 0 radical (unpaired) electrons. The lowest BCUT2D eigenvalue weighted by Gasteiger charge is -2.36. The van der Waals surface area contributed by atoms with E-state index in [-0.39, 0.29) is 17.2 Å². The fourth-order valence-corrected chi connectivity index (χ4v) is 7.22. The summed E-state index contributed by atoms with van der Waals surface area (Å²) in [5.74, 6) is -2.59. The van der Waals surface area contributed by atoms with Crippen molar-refractivity contribution in [1.29, 1.82) is 0 Å². The lowest BCUT2D eigenvalue weighted by Crippen LogP contribution is -2.40. The van der Waals surface area contributed by atoms with Crippen LogP contribution in [-0.2, 0) is 12.5 Å². The number of hydrogen-bond donors (Lipinski definition) is 1. The summed E-state index contributed by atoms with van der Waals surface area (Å²) >= 11 is 0. The number of fused-ring (bicyclic) bond motifs is 8. The largest absolute Gasteiger partial charge is 0.362 e. The molecule has 4 aliphatic rings. The second kappa shape index (κ2) is 12.6. The van der Waals surface area contributed by atoms with Crippen molar-refractivity contribution in [3.8, 4) is 0 Å². The van der Waals surface area contributed by atoms with Crippen LogP contribution in [0.1, 0.15) is 94.5 Å².